The zero-order chi connectivity index (χ0) is 24.5. The van der Waals surface area contributed by atoms with Crippen molar-refractivity contribution in [1.82, 2.24) is 15.3 Å². The Bertz CT molecular complexity index is 1050. The van der Waals surface area contributed by atoms with Gasteiger partial charge in [-0.05, 0) is 69.6 Å². The number of alkyl halides is 3. The summed E-state index contributed by atoms with van der Waals surface area (Å²) in [5, 5.41) is 6.22. The van der Waals surface area contributed by atoms with Crippen LogP contribution in [0, 0.1) is 5.82 Å². The van der Waals surface area contributed by atoms with Crippen molar-refractivity contribution in [2.45, 2.75) is 69.6 Å². The molecule has 0 atom stereocenters. The molecule has 0 unspecified atom stereocenters. The van der Waals surface area contributed by atoms with E-state index < -0.39 is 23.5 Å². The fourth-order valence-corrected chi connectivity index (χ4v) is 4.73. The molecule has 0 bridgehead atoms. The molecule has 0 aliphatic heterocycles. The number of anilines is 2. The van der Waals surface area contributed by atoms with Crippen LogP contribution in [-0.2, 0) is 19.0 Å². The summed E-state index contributed by atoms with van der Waals surface area (Å²) in [5.41, 5.74) is 0.691. The van der Waals surface area contributed by atoms with Gasteiger partial charge in [0.1, 0.15) is 11.6 Å². The quantitative estimate of drug-likeness (QED) is 0.607. The maximum atomic E-state index is 13.5. The van der Waals surface area contributed by atoms with Gasteiger partial charge in [0.05, 0.1) is 11.3 Å². The van der Waals surface area contributed by atoms with Crippen LogP contribution in [0.1, 0.15) is 65.7 Å². The minimum absolute atomic E-state index is 0.146. The lowest BCUT2D eigenvalue weighted by Crippen LogP contribution is -2.40. The Hall–Kier alpha value is -2.91. The first-order valence-corrected chi connectivity index (χ1v) is 11.6. The fourth-order valence-electron chi connectivity index (χ4n) is 4.73. The molecule has 1 amide bonds. The first-order chi connectivity index (χ1) is 16.1. The Morgan fingerprint density at radius 1 is 1.03 bits per heavy atom. The van der Waals surface area contributed by atoms with Gasteiger partial charge in [-0.25, -0.2) is 9.37 Å². The normalized spacial score (nSPS) is 20.4. The zero-order valence-electron chi connectivity index (χ0n) is 19.3. The second-order valence-corrected chi connectivity index (χ2v) is 9.26. The molecule has 1 aromatic heterocycles. The number of nitrogens with zero attached hydrogens (tertiary/aromatic N) is 3. The van der Waals surface area contributed by atoms with Crippen LogP contribution in [0.15, 0.2) is 18.2 Å². The number of aryl methyl sites for hydroxylation is 1. The SMILES string of the molecule is CN(C)c1nc(NC2CCC(NC(=O)c3ccc(F)c(C(F)(F)F)c3)CC2)nc2c1CCCC2. The minimum atomic E-state index is -4.85. The van der Waals surface area contributed by atoms with E-state index in [-0.39, 0.29) is 17.6 Å². The van der Waals surface area contributed by atoms with E-state index in [0.29, 0.717) is 30.9 Å². The number of aromatic nitrogens is 2. The maximum absolute atomic E-state index is 13.5. The van der Waals surface area contributed by atoms with Gasteiger partial charge in [0.2, 0.25) is 5.95 Å². The predicted octanol–water partition coefficient (Wildman–Crippen LogP) is 4.73. The number of fused-ring (bicyclic) bond motifs is 1. The van der Waals surface area contributed by atoms with Crippen LogP contribution in [0.4, 0.5) is 29.3 Å². The number of amides is 1. The number of hydrogen-bond donors (Lipinski definition) is 2. The molecule has 1 aromatic carbocycles. The third-order valence-corrected chi connectivity index (χ3v) is 6.51. The highest BCUT2D eigenvalue weighted by Gasteiger charge is 2.35. The van der Waals surface area contributed by atoms with Crippen molar-refractivity contribution in [3.05, 3.63) is 46.4 Å². The molecular weight excluding hydrogens is 450 g/mol. The van der Waals surface area contributed by atoms with Crippen molar-refractivity contribution < 1.29 is 22.4 Å². The number of carbonyl (C=O) groups is 1. The van der Waals surface area contributed by atoms with E-state index in [4.69, 9.17) is 9.97 Å². The van der Waals surface area contributed by atoms with E-state index in [0.717, 1.165) is 56.1 Å². The van der Waals surface area contributed by atoms with Gasteiger partial charge in [-0.3, -0.25) is 4.79 Å². The Labute approximate surface area is 196 Å². The largest absolute Gasteiger partial charge is 0.419 e. The number of hydrogen-bond acceptors (Lipinski definition) is 5. The lowest BCUT2D eigenvalue weighted by Gasteiger charge is -2.30. The Morgan fingerprint density at radius 2 is 1.71 bits per heavy atom. The first-order valence-electron chi connectivity index (χ1n) is 11.6. The van der Waals surface area contributed by atoms with Gasteiger partial charge >= 0.3 is 6.18 Å². The molecule has 184 valence electrons. The monoisotopic (exact) mass is 479 g/mol. The van der Waals surface area contributed by atoms with Gasteiger partial charge < -0.3 is 15.5 Å². The highest BCUT2D eigenvalue weighted by atomic mass is 19.4. The molecular formula is C24H29F4N5O. The zero-order valence-corrected chi connectivity index (χ0v) is 19.3. The Balaban J connectivity index is 1.35. The second kappa shape index (κ2) is 9.76. The summed E-state index contributed by atoms with van der Waals surface area (Å²) in [5.74, 6) is -0.457. The third-order valence-electron chi connectivity index (χ3n) is 6.51. The average molecular weight is 480 g/mol. The fraction of sp³-hybridized carbons (Fsp3) is 0.542. The van der Waals surface area contributed by atoms with E-state index in [1.165, 1.54) is 5.56 Å². The summed E-state index contributed by atoms with van der Waals surface area (Å²) in [6.45, 7) is 0. The number of benzene rings is 1. The van der Waals surface area contributed by atoms with Gasteiger partial charge in [-0.1, -0.05) is 0 Å². The molecule has 1 fully saturated rings. The van der Waals surface area contributed by atoms with E-state index in [2.05, 4.69) is 10.6 Å². The lowest BCUT2D eigenvalue weighted by molar-refractivity contribution is -0.140. The summed E-state index contributed by atoms with van der Waals surface area (Å²) >= 11 is 0. The predicted molar refractivity (Wildman–Crippen MR) is 122 cm³/mol. The minimum Gasteiger partial charge on any atom is -0.362 e. The van der Waals surface area contributed by atoms with Crippen LogP contribution in [0.3, 0.4) is 0 Å². The Kier molecular flexibility index (Phi) is 6.95. The summed E-state index contributed by atoms with van der Waals surface area (Å²) < 4.78 is 52.3. The average Bonchev–Trinajstić information content (AvgIpc) is 2.79. The summed E-state index contributed by atoms with van der Waals surface area (Å²) in [6, 6.07) is 2.30. The van der Waals surface area contributed by atoms with E-state index in [9.17, 15) is 22.4 Å². The van der Waals surface area contributed by atoms with Crippen molar-refractivity contribution in [3.63, 3.8) is 0 Å². The molecule has 2 N–H and O–H groups in total. The molecule has 4 rings (SSSR count). The van der Waals surface area contributed by atoms with Gasteiger partial charge in [0.15, 0.2) is 0 Å². The summed E-state index contributed by atoms with van der Waals surface area (Å²) in [7, 11) is 3.96. The molecule has 10 heteroatoms. The van der Waals surface area contributed by atoms with Gasteiger partial charge in [-0.2, -0.15) is 18.2 Å². The molecule has 0 saturated heterocycles. The van der Waals surface area contributed by atoms with Crippen LogP contribution in [-0.4, -0.2) is 42.1 Å². The van der Waals surface area contributed by atoms with E-state index in [1.807, 2.05) is 19.0 Å². The molecule has 34 heavy (non-hydrogen) atoms. The first kappa shape index (κ1) is 24.2. The second-order valence-electron chi connectivity index (χ2n) is 9.26. The van der Waals surface area contributed by atoms with Crippen LogP contribution < -0.4 is 15.5 Å². The number of nitrogens with one attached hydrogen (secondary N) is 2. The summed E-state index contributed by atoms with van der Waals surface area (Å²) in [6.07, 6.45) is 2.23. The van der Waals surface area contributed by atoms with Gasteiger partial charge in [-0.15, -0.1) is 0 Å². The summed E-state index contributed by atoms with van der Waals surface area (Å²) in [4.78, 5) is 24.0. The molecule has 2 aliphatic rings. The smallest absolute Gasteiger partial charge is 0.362 e. The molecule has 6 nitrogen and oxygen atoms in total. The standard InChI is InChI=1S/C24H29F4N5O/c1-33(2)21-17-5-3-4-6-20(17)31-23(32-21)30-16-10-8-15(9-11-16)29-22(34)14-7-12-19(25)18(13-14)24(26,27)28/h7,12-13,15-16H,3-6,8-11H2,1-2H3,(H,29,34)(H,30,31,32). The molecule has 2 aliphatic carbocycles. The van der Waals surface area contributed by atoms with Crippen LogP contribution in [0.25, 0.3) is 0 Å². The number of halogens is 4. The lowest BCUT2D eigenvalue weighted by atomic mass is 9.91. The van der Waals surface area contributed by atoms with Crippen LogP contribution in [0.5, 0.6) is 0 Å². The molecule has 0 spiro atoms. The van der Waals surface area contributed by atoms with Gasteiger partial charge in [0, 0.05) is 37.3 Å². The highest BCUT2D eigenvalue weighted by Crippen LogP contribution is 2.32. The number of rotatable bonds is 5. The number of carbonyl (C=O) groups excluding carboxylic acids is 1. The third kappa shape index (κ3) is 5.42. The van der Waals surface area contributed by atoms with Crippen molar-refractivity contribution in [2.75, 3.05) is 24.3 Å². The van der Waals surface area contributed by atoms with E-state index in [1.54, 1.807) is 0 Å². The molecule has 2 aromatic rings. The van der Waals surface area contributed by atoms with Gasteiger partial charge in [0.25, 0.3) is 5.91 Å². The van der Waals surface area contributed by atoms with Crippen LogP contribution >= 0.6 is 0 Å². The van der Waals surface area contributed by atoms with Crippen LogP contribution in [0.2, 0.25) is 0 Å². The molecule has 1 saturated carbocycles. The topological polar surface area (TPSA) is 70.2 Å². The Morgan fingerprint density at radius 3 is 2.38 bits per heavy atom. The van der Waals surface area contributed by atoms with E-state index >= 15 is 0 Å². The van der Waals surface area contributed by atoms with Crippen molar-refractivity contribution in [2.24, 2.45) is 0 Å². The molecule has 1 heterocycles. The maximum Gasteiger partial charge on any atom is 0.419 e. The van der Waals surface area contributed by atoms with Crippen molar-refractivity contribution in [3.8, 4) is 0 Å². The van der Waals surface area contributed by atoms with Crippen molar-refractivity contribution >= 4 is 17.7 Å². The highest BCUT2D eigenvalue weighted by molar-refractivity contribution is 5.94. The van der Waals surface area contributed by atoms with Crippen molar-refractivity contribution in [1.29, 1.82) is 0 Å². The molecule has 0 radical (unpaired) electrons.